The maximum Gasteiger partial charge on any atom is 0.306 e. The van der Waals surface area contributed by atoms with Gasteiger partial charge >= 0.3 is 5.97 Å². The third kappa shape index (κ3) is 3.69. The highest BCUT2D eigenvalue weighted by Gasteiger charge is 2.15. The van der Waals surface area contributed by atoms with Crippen molar-refractivity contribution in [1.82, 2.24) is 0 Å². The number of hydrogen-bond donors (Lipinski definition) is 2. The van der Waals surface area contributed by atoms with Gasteiger partial charge in [0.05, 0.1) is 10.8 Å². The quantitative estimate of drug-likeness (QED) is 0.601. The summed E-state index contributed by atoms with van der Waals surface area (Å²) in [7, 11) is 0. The van der Waals surface area contributed by atoms with Crippen molar-refractivity contribution in [2.75, 3.05) is 11.9 Å². The van der Waals surface area contributed by atoms with Crippen molar-refractivity contribution in [1.29, 1.82) is 0 Å². The number of nitro groups is 1. The van der Waals surface area contributed by atoms with E-state index in [1.165, 1.54) is 6.92 Å². The summed E-state index contributed by atoms with van der Waals surface area (Å²) in [6.07, 6.45) is 0.295. The second kappa shape index (κ2) is 5.95. The number of carbonyl (C=O) groups is 1. The number of aliphatic carboxylic acids is 1. The molecule has 1 unspecified atom stereocenters. The lowest BCUT2D eigenvalue weighted by molar-refractivity contribution is -0.384. The molecule has 0 amide bonds. The first kappa shape index (κ1) is 13.9. The topological polar surface area (TPSA) is 92.5 Å². The van der Waals surface area contributed by atoms with Crippen LogP contribution >= 0.6 is 0 Å². The van der Waals surface area contributed by atoms with Gasteiger partial charge in [0, 0.05) is 18.7 Å². The molecule has 0 fully saturated rings. The van der Waals surface area contributed by atoms with Gasteiger partial charge in [0.2, 0.25) is 0 Å². The van der Waals surface area contributed by atoms with E-state index in [9.17, 15) is 19.3 Å². The SMILES string of the molecule is CC(CCNc1cc(F)ccc1[N+](=O)[O-])C(=O)O. The fourth-order valence-corrected chi connectivity index (χ4v) is 1.36. The van der Waals surface area contributed by atoms with Crippen LogP contribution in [0.25, 0.3) is 0 Å². The normalized spacial score (nSPS) is 11.9. The maximum absolute atomic E-state index is 13.0. The maximum atomic E-state index is 13.0. The van der Waals surface area contributed by atoms with E-state index in [4.69, 9.17) is 5.11 Å². The molecule has 7 heteroatoms. The molecule has 1 aromatic carbocycles. The van der Waals surface area contributed by atoms with E-state index in [1.807, 2.05) is 0 Å². The molecule has 1 atom stereocenters. The smallest absolute Gasteiger partial charge is 0.306 e. The molecule has 6 nitrogen and oxygen atoms in total. The Balaban J connectivity index is 2.69. The second-order valence-electron chi connectivity index (χ2n) is 3.87. The predicted molar refractivity (Wildman–Crippen MR) is 63.0 cm³/mol. The van der Waals surface area contributed by atoms with Crippen molar-refractivity contribution in [3.8, 4) is 0 Å². The summed E-state index contributed by atoms with van der Waals surface area (Å²) < 4.78 is 13.0. The fraction of sp³-hybridized carbons (Fsp3) is 0.364. The highest BCUT2D eigenvalue weighted by molar-refractivity contribution is 5.69. The average molecular weight is 256 g/mol. The number of carboxylic acids is 1. The van der Waals surface area contributed by atoms with Gasteiger partial charge in [0.1, 0.15) is 11.5 Å². The van der Waals surface area contributed by atoms with E-state index >= 15 is 0 Å². The zero-order valence-electron chi connectivity index (χ0n) is 9.72. The van der Waals surface area contributed by atoms with E-state index in [2.05, 4.69) is 5.32 Å². The molecule has 0 aliphatic carbocycles. The van der Waals surface area contributed by atoms with E-state index in [0.29, 0.717) is 6.42 Å². The molecule has 18 heavy (non-hydrogen) atoms. The number of nitrogens with one attached hydrogen (secondary N) is 1. The predicted octanol–water partition coefficient (Wildman–Crippen LogP) is 2.26. The molecule has 2 N–H and O–H groups in total. The Hall–Kier alpha value is -2.18. The van der Waals surface area contributed by atoms with Gasteiger partial charge in [-0.25, -0.2) is 4.39 Å². The average Bonchev–Trinajstić information content (AvgIpc) is 2.28. The highest BCUT2D eigenvalue weighted by Crippen LogP contribution is 2.24. The summed E-state index contributed by atoms with van der Waals surface area (Å²) >= 11 is 0. The molecule has 0 aliphatic heterocycles. The number of benzene rings is 1. The van der Waals surface area contributed by atoms with E-state index in [-0.39, 0.29) is 17.9 Å². The molecule has 0 aromatic heterocycles. The summed E-state index contributed by atoms with van der Waals surface area (Å²) in [5.41, 5.74) is -0.183. The van der Waals surface area contributed by atoms with Gasteiger partial charge in [0.25, 0.3) is 5.69 Å². The Morgan fingerprint density at radius 1 is 1.61 bits per heavy atom. The van der Waals surface area contributed by atoms with Gasteiger partial charge in [-0.3, -0.25) is 14.9 Å². The van der Waals surface area contributed by atoms with Crippen LogP contribution in [-0.4, -0.2) is 22.5 Å². The van der Waals surface area contributed by atoms with Gasteiger partial charge < -0.3 is 10.4 Å². The second-order valence-corrected chi connectivity index (χ2v) is 3.87. The largest absolute Gasteiger partial charge is 0.481 e. The van der Waals surface area contributed by atoms with Crippen molar-refractivity contribution in [3.63, 3.8) is 0 Å². The highest BCUT2D eigenvalue weighted by atomic mass is 19.1. The third-order valence-electron chi connectivity index (χ3n) is 2.47. The Labute approximate surface area is 103 Å². The first-order valence-corrected chi connectivity index (χ1v) is 5.32. The summed E-state index contributed by atoms with van der Waals surface area (Å²) in [6.45, 7) is 1.75. The molecular weight excluding hydrogens is 243 g/mol. The van der Waals surface area contributed by atoms with Crippen LogP contribution in [0.1, 0.15) is 13.3 Å². The van der Waals surface area contributed by atoms with Crippen LogP contribution < -0.4 is 5.32 Å². The molecule has 0 spiro atoms. The molecule has 0 aliphatic rings. The van der Waals surface area contributed by atoms with Gasteiger partial charge in [-0.05, 0) is 12.5 Å². The molecule has 0 saturated carbocycles. The molecule has 1 rings (SSSR count). The van der Waals surface area contributed by atoms with Crippen LogP contribution in [0.15, 0.2) is 18.2 Å². The monoisotopic (exact) mass is 256 g/mol. The van der Waals surface area contributed by atoms with Crippen molar-refractivity contribution >= 4 is 17.3 Å². The number of nitro benzene ring substituents is 1. The standard InChI is InChI=1S/C11H13FN2O4/c1-7(11(15)16)4-5-13-9-6-8(12)2-3-10(9)14(17)18/h2-3,6-7,13H,4-5H2,1H3,(H,15,16). The molecule has 0 bridgehead atoms. The van der Waals surface area contributed by atoms with E-state index in [1.54, 1.807) is 0 Å². The molecule has 1 aromatic rings. The molecule has 98 valence electrons. The van der Waals surface area contributed by atoms with E-state index in [0.717, 1.165) is 18.2 Å². The van der Waals surface area contributed by atoms with E-state index < -0.39 is 22.6 Å². The van der Waals surface area contributed by atoms with Crippen LogP contribution in [0.5, 0.6) is 0 Å². The fourth-order valence-electron chi connectivity index (χ4n) is 1.36. The van der Waals surface area contributed by atoms with Crippen LogP contribution in [0, 0.1) is 21.8 Å². The van der Waals surface area contributed by atoms with Gasteiger partial charge in [-0.2, -0.15) is 0 Å². The number of hydrogen-bond acceptors (Lipinski definition) is 4. The summed E-state index contributed by atoms with van der Waals surface area (Å²) in [4.78, 5) is 20.6. The van der Waals surface area contributed by atoms with Crippen LogP contribution in [0.2, 0.25) is 0 Å². The third-order valence-corrected chi connectivity index (χ3v) is 2.47. The number of rotatable bonds is 6. The van der Waals surface area contributed by atoms with Crippen LogP contribution in [0.4, 0.5) is 15.8 Å². The summed E-state index contributed by atoms with van der Waals surface area (Å²) in [5.74, 6) is -2.09. The number of halogens is 1. The summed E-state index contributed by atoms with van der Waals surface area (Å²) in [5, 5.41) is 22.0. The van der Waals surface area contributed by atoms with Gasteiger partial charge in [0.15, 0.2) is 0 Å². The number of anilines is 1. The Morgan fingerprint density at radius 3 is 2.83 bits per heavy atom. The Bertz CT molecular complexity index is 464. The van der Waals surface area contributed by atoms with Gasteiger partial charge in [-0.1, -0.05) is 6.92 Å². The van der Waals surface area contributed by atoms with Crippen LogP contribution in [-0.2, 0) is 4.79 Å². The number of carboxylic acid groups (broad SMARTS) is 1. The minimum atomic E-state index is -0.939. The first-order chi connectivity index (χ1) is 8.41. The zero-order valence-corrected chi connectivity index (χ0v) is 9.72. The lowest BCUT2D eigenvalue weighted by Gasteiger charge is -2.09. The number of nitrogens with zero attached hydrogens (tertiary/aromatic N) is 1. The molecular formula is C11H13FN2O4. The van der Waals surface area contributed by atoms with Crippen molar-refractivity contribution in [3.05, 3.63) is 34.1 Å². The summed E-state index contributed by atoms with van der Waals surface area (Å²) in [6, 6.07) is 3.09. The van der Waals surface area contributed by atoms with Gasteiger partial charge in [-0.15, -0.1) is 0 Å². The van der Waals surface area contributed by atoms with Crippen molar-refractivity contribution in [2.45, 2.75) is 13.3 Å². The lowest BCUT2D eigenvalue weighted by Crippen LogP contribution is -2.15. The molecule has 0 radical (unpaired) electrons. The minimum absolute atomic E-state index is 0.0533. The molecule has 0 saturated heterocycles. The minimum Gasteiger partial charge on any atom is -0.481 e. The molecule has 0 heterocycles. The Morgan fingerprint density at radius 2 is 2.28 bits per heavy atom. The zero-order chi connectivity index (χ0) is 13.7. The van der Waals surface area contributed by atoms with Crippen LogP contribution in [0.3, 0.4) is 0 Å². The Kier molecular flexibility index (Phi) is 4.59. The van der Waals surface area contributed by atoms with Crippen molar-refractivity contribution < 1.29 is 19.2 Å². The lowest BCUT2D eigenvalue weighted by atomic mass is 10.1. The van der Waals surface area contributed by atoms with Crippen molar-refractivity contribution in [2.24, 2.45) is 5.92 Å². The first-order valence-electron chi connectivity index (χ1n) is 5.32.